The fourth-order valence-electron chi connectivity index (χ4n) is 2.20. The Hall–Kier alpha value is -2.09. The highest BCUT2D eigenvalue weighted by Crippen LogP contribution is 2.16. The minimum atomic E-state index is -3.22. The Morgan fingerprint density at radius 1 is 1.16 bits per heavy atom. The van der Waals surface area contributed by atoms with Gasteiger partial charge in [0.15, 0.2) is 9.84 Å². The van der Waals surface area contributed by atoms with Crippen molar-refractivity contribution in [2.24, 2.45) is 0 Å². The van der Waals surface area contributed by atoms with Crippen LogP contribution in [0.25, 0.3) is 0 Å². The van der Waals surface area contributed by atoms with Crippen molar-refractivity contribution in [3.05, 3.63) is 24.3 Å². The van der Waals surface area contributed by atoms with Crippen molar-refractivity contribution >= 4 is 21.7 Å². The number of nitrogens with zero attached hydrogens (tertiary/aromatic N) is 1. The van der Waals surface area contributed by atoms with E-state index in [-0.39, 0.29) is 29.8 Å². The number of hydrogen-bond donors (Lipinski definition) is 1. The number of amides is 1. The number of carbonyl (C=O) groups is 2. The number of carbonyl (C=O) groups excluding carboxylic acids is 1. The summed E-state index contributed by atoms with van der Waals surface area (Å²) in [5, 5.41) is 8.84. The molecule has 1 amide bonds. The Morgan fingerprint density at radius 2 is 1.76 bits per heavy atom. The number of unbranched alkanes of at least 4 members (excludes halogenated alkanes) is 1. The molecule has 8 heteroatoms. The molecule has 0 saturated carbocycles. The first-order chi connectivity index (χ1) is 11.6. The zero-order valence-corrected chi connectivity index (χ0v) is 15.6. The third-order valence-corrected chi connectivity index (χ3v) is 4.68. The lowest BCUT2D eigenvalue weighted by molar-refractivity contribution is -0.145. The van der Waals surface area contributed by atoms with Gasteiger partial charge in [-0.3, -0.25) is 9.59 Å². The van der Waals surface area contributed by atoms with Gasteiger partial charge in [-0.2, -0.15) is 0 Å². The summed E-state index contributed by atoms with van der Waals surface area (Å²) in [4.78, 5) is 24.4. The first kappa shape index (κ1) is 21.0. The summed E-state index contributed by atoms with van der Waals surface area (Å²) in [7, 11) is -3.22. The Labute approximate surface area is 148 Å². The Kier molecular flexibility index (Phi) is 7.89. The molecule has 1 aromatic rings. The second kappa shape index (κ2) is 9.41. The van der Waals surface area contributed by atoms with Crippen LogP contribution in [-0.2, 0) is 19.4 Å². The second-order valence-corrected chi connectivity index (χ2v) is 8.07. The van der Waals surface area contributed by atoms with E-state index in [4.69, 9.17) is 9.84 Å². The third-order valence-electron chi connectivity index (χ3n) is 3.55. The number of aliphatic carboxylic acids is 1. The molecular weight excluding hydrogens is 346 g/mol. The first-order valence-electron chi connectivity index (χ1n) is 8.05. The highest BCUT2D eigenvalue weighted by atomic mass is 32.2. The average molecular weight is 371 g/mol. The zero-order chi connectivity index (χ0) is 19.0. The molecule has 25 heavy (non-hydrogen) atoms. The van der Waals surface area contributed by atoms with E-state index in [1.807, 2.05) is 0 Å². The van der Waals surface area contributed by atoms with Gasteiger partial charge in [0.05, 0.1) is 11.5 Å². The molecule has 0 spiro atoms. The summed E-state index contributed by atoms with van der Waals surface area (Å²) < 4.78 is 28.2. The van der Waals surface area contributed by atoms with Gasteiger partial charge >= 0.3 is 5.97 Å². The fraction of sp³-hybridized carbons (Fsp3) is 0.529. The normalized spacial score (nSPS) is 11.4. The fourth-order valence-corrected chi connectivity index (χ4v) is 2.83. The first-order valence-corrected chi connectivity index (χ1v) is 9.94. The van der Waals surface area contributed by atoms with Gasteiger partial charge in [0, 0.05) is 18.7 Å². The van der Waals surface area contributed by atoms with Crippen LogP contribution in [0, 0.1) is 0 Å². The summed E-state index contributed by atoms with van der Waals surface area (Å²) in [6, 6.07) is 6.00. The van der Waals surface area contributed by atoms with Gasteiger partial charge in [0.2, 0.25) is 5.91 Å². The molecule has 0 bridgehead atoms. The van der Waals surface area contributed by atoms with Crippen LogP contribution < -0.4 is 4.74 Å². The standard InChI is InChI=1S/C17H25NO6S/c1-13(2)18(12-17(20)21)16(19)6-4-5-11-24-14-7-9-15(10-8-14)25(3,22)23/h7-10,13H,4-6,11-12H2,1-3H3,(H,20,21). The van der Waals surface area contributed by atoms with E-state index in [1.54, 1.807) is 26.0 Å². The summed E-state index contributed by atoms with van der Waals surface area (Å²) in [5.41, 5.74) is 0. The van der Waals surface area contributed by atoms with E-state index in [9.17, 15) is 18.0 Å². The van der Waals surface area contributed by atoms with Crippen molar-refractivity contribution in [1.29, 1.82) is 0 Å². The SMILES string of the molecule is CC(C)N(CC(=O)O)C(=O)CCCCOc1ccc(S(C)(=O)=O)cc1. The summed E-state index contributed by atoms with van der Waals surface area (Å²) >= 11 is 0. The molecule has 0 heterocycles. The van der Waals surface area contributed by atoms with Crippen molar-refractivity contribution in [1.82, 2.24) is 4.90 Å². The Bertz CT molecular complexity index is 682. The van der Waals surface area contributed by atoms with Crippen LogP contribution in [0.4, 0.5) is 0 Å². The van der Waals surface area contributed by atoms with Crippen molar-refractivity contribution in [3.8, 4) is 5.75 Å². The highest BCUT2D eigenvalue weighted by molar-refractivity contribution is 7.90. The van der Waals surface area contributed by atoms with Gasteiger partial charge in [0.25, 0.3) is 0 Å². The van der Waals surface area contributed by atoms with E-state index in [0.29, 0.717) is 25.2 Å². The number of carboxylic acids is 1. The monoisotopic (exact) mass is 371 g/mol. The zero-order valence-electron chi connectivity index (χ0n) is 14.8. The highest BCUT2D eigenvalue weighted by Gasteiger charge is 2.19. The lowest BCUT2D eigenvalue weighted by Gasteiger charge is -2.24. The number of rotatable bonds is 10. The third kappa shape index (κ3) is 7.55. The van der Waals surface area contributed by atoms with Crippen molar-refractivity contribution in [2.45, 2.75) is 44.0 Å². The lowest BCUT2D eigenvalue weighted by Crippen LogP contribution is -2.40. The topological polar surface area (TPSA) is 101 Å². The van der Waals surface area contributed by atoms with Crippen LogP contribution >= 0.6 is 0 Å². The predicted molar refractivity (Wildman–Crippen MR) is 93.4 cm³/mol. The predicted octanol–water partition coefficient (Wildman–Crippen LogP) is 1.96. The van der Waals surface area contributed by atoms with Crippen LogP contribution in [0.2, 0.25) is 0 Å². The van der Waals surface area contributed by atoms with Crippen LogP contribution in [0.5, 0.6) is 5.75 Å². The quantitative estimate of drug-likeness (QED) is 0.631. The Morgan fingerprint density at radius 3 is 2.24 bits per heavy atom. The molecule has 0 aliphatic carbocycles. The minimum Gasteiger partial charge on any atom is -0.494 e. The number of benzene rings is 1. The molecule has 0 atom stereocenters. The van der Waals surface area contributed by atoms with Crippen LogP contribution in [-0.4, -0.2) is 55.7 Å². The molecule has 0 radical (unpaired) electrons. The van der Waals surface area contributed by atoms with Crippen LogP contribution in [0.1, 0.15) is 33.1 Å². The van der Waals surface area contributed by atoms with E-state index < -0.39 is 15.8 Å². The minimum absolute atomic E-state index is 0.159. The van der Waals surface area contributed by atoms with Crippen molar-refractivity contribution < 1.29 is 27.9 Å². The maximum absolute atomic E-state index is 12.0. The summed E-state index contributed by atoms with van der Waals surface area (Å²) in [5.74, 6) is -0.647. The molecule has 0 fully saturated rings. The molecular formula is C17H25NO6S. The molecule has 1 N–H and O–H groups in total. The van der Waals surface area contributed by atoms with E-state index >= 15 is 0 Å². The van der Waals surface area contributed by atoms with E-state index in [0.717, 1.165) is 6.26 Å². The molecule has 0 unspecified atom stereocenters. The smallest absolute Gasteiger partial charge is 0.323 e. The number of hydrogen-bond acceptors (Lipinski definition) is 5. The van der Waals surface area contributed by atoms with Crippen LogP contribution in [0.3, 0.4) is 0 Å². The Balaban J connectivity index is 2.36. The second-order valence-electron chi connectivity index (χ2n) is 6.06. The van der Waals surface area contributed by atoms with E-state index in [1.165, 1.54) is 17.0 Å². The van der Waals surface area contributed by atoms with E-state index in [2.05, 4.69) is 0 Å². The van der Waals surface area contributed by atoms with Gasteiger partial charge in [-0.15, -0.1) is 0 Å². The van der Waals surface area contributed by atoms with Gasteiger partial charge in [0.1, 0.15) is 12.3 Å². The van der Waals surface area contributed by atoms with Crippen LogP contribution in [0.15, 0.2) is 29.2 Å². The maximum atomic E-state index is 12.0. The molecule has 0 saturated heterocycles. The molecule has 1 rings (SSSR count). The molecule has 1 aromatic carbocycles. The van der Waals surface area contributed by atoms with Gasteiger partial charge in [-0.05, 0) is 51.0 Å². The lowest BCUT2D eigenvalue weighted by atomic mass is 10.2. The molecule has 0 aliphatic rings. The van der Waals surface area contributed by atoms with Gasteiger partial charge < -0.3 is 14.7 Å². The summed E-state index contributed by atoms with van der Waals surface area (Å²) in [6.45, 7) is 3.67. The average Bonchev–Trinajstić information content (AvgIpc) is 2.51. The molecule has 140 valence electrons. The van der Waals surface area contributed by atoms with Gasteiger partial charge in [-0.1, -0.05) is 0 Å². The molecule has 0 aromatic heterocycles. The number of sulfone groups is 1. The maximum Gasteiger partial charge on any atom is 0.323 e. The largest absolute Gasteiger partial charge is 0.494 e. The molecule has 0 aliphatic heterocycles. The van der Waals surface area contributed by atoms with Crippen molar-refractivity contribution in [2.75, 3.05) is 19.4 Å². The number of carboxylic acid groups (broad SMARTS) is 1. The number of ether oxygens (including phenoxy) is 1. The van der Waals surface area contributed by atoms with Gasteiger partial charge in [-0.25, -0.2) is 8.42 Å². The van der Waals surface area contributed by atoms with Crippen molar-refractivity contribution in [3.63, 3.8) is 0 Å². The summed E-state index contributed by atoms with van der Waals surface area (Å²) in [6.07, 6.45) is 2.63. The molecule has 7 nitrogen and oxygen atoms in total.